The monoisotopic (exact) mass is 340 g/mol. The maximum Gasteiger partial charge on any atom is 0.263 e. The smallest absolute Gasteiger partial charge is 0.263 e. The van der Waals surface area contributed by atoms with Crippen LogP contribution < -0.4 is 5.56 Å². The number of thiophene rings is 1. The second kappa shape index (κ2) is 5.74. The van der Waals surface area contributed by atoms with Gasteiger partial charge in [0.1, 0.15) is 0 Å². The molecule has 0 saturated carbocycles. The molecule has 4 rings (SSSR count). The van der Waals surface area contributed by atoms with Crippen LogP contribution in [0.5, 0.6) is 0 Å². The lowest BCUT2D eigenvalue weighted by molar-refractivity contribution is 0.0688. The van der Waals surface area contributed by atoms with E-state index in [2.05, 4.69) is 6.92 Å². The van der Waals surface area contributed by atoms with Crippen LogP contribution >= 0.6 is 11.3 Å². The normalized spacial score (nSPS) is 18.4. The van der Waals surface area contributed by atoms with Crippen molar-refractivity contribution < 1.29 is 4.79 Å². The number of aryl methyl sites for hydroxylation is 1. The molecule has 3 aromatic rings. The Hall–Kier alpha value is -2.14. The molecule has 5 heteroatoms. The number of para-hydroxylation sites is 1. The number of benzene rings is 1. The van der Waals surface area contributed by atoms with Gasteiger partial charge in [0.15, 0.2) is 0 Å². The predicted molar refractivity (Wildman–Crippen MR) is 98.9 cm³/mol. The number of carbonyl (C=O) groups excluding carboxylic acids is 1. The number of pyridine rings is 1. The van der Waals surface area contributed by atoms with Gasteiger partial charge in [-0.05, 0) is 30.9 Å². The van der Waals surface area contributed by atoms with Crippen molar-refractivity contribution >= 4 is 38.2 Å². The van der Waals surface area contributed by atoms with Gasteiger partial charge in [-0.1, -0.05) is 25.1 Å². The minimum absolute atomic E-state index is 0.0361. The molecule has 1 saturated heterocycles. The predicted octanol–water partition coefficient (Wildman–Crippen LogP) is 3.63. The summed E-state index contributed by atoms with van der Waals surface area (Å²) in [5.41, 5.74) is 0.869. The number of aromatic nitrogens is 1. The highest BCUT2D eigenvalue weighted by Gasteiger charge is 2.24. The van der Waals surface area contributed by atoms with Gasteiger partial charge in [0, 0.05) is 30.2 Å². The van der Waals surface area contributed by atoms with E-state index in [1.165, 1.54) is 17.8 Å². The molecule has 1 atom stereocenters. The van der Waals surface area contributed by atoms with Gasteiger partial charge in [-0.2, -0.15) is 0 Å². The molecule has 1 aliphatic heterocycles. The van der Waals surface area contributed by atoms with Crippen molar-refractivity contribution in [2.75, 3.05) is 13.1 Å². The first-order chi connectivity index (χ1) is 11.6. The van der Waals surface area contributed by atoms with Gasteiger partial charge in [0.25, 0.3) is 11.5 Å². The van der Waals surface area contributed by atoms with Crippen molar-refractivity contribution in [2.24, 2.45) is 13.0 Å². The van der Waals surface area contributed by atoms with Crippen LogP contribution in [0.25, 0.3) is 21.0 Å². The van der Waals surface area contributed by atoms with Gasteiger partial charge in [-0.3, -0.25) is 9.59 Å². The second-order valence-electron chi connectivity index (χ2n) is 6.73. The average Bonchev–Trinajstić information content (AvgIpc) is 3.04. The summed E-state index contributed by atoms with van der Waals surface area (Å²) in [5.74, 6) is 0.611. The Balaban J connectivity index is 1.87. The van der Waals surface area contributed by atoms with Crippen molar-refractivity contribution in [1.82, 2.24) is 9.47 Å². The van der Waals surface area contributed by atoms with Gasteiger partial charge in [-0.15, -0.1) is 11.3 Å². The molecule has 124 valence electrons. The Morgan fingerprint density at radius 3 is 2.83 bits per heavy atom. The quantitative estimate of drug-likeness (QED) is 0.679. The van der Waals surface area contributed by atoms with Crippen LogP contribution in [0.2, 0.25) is 0 Å². The van der Waals surface area contributed by atoms with E-state index in [-0.39, 0.29) is 11.5 Å². The van der Waals surface area contributed by atoms with Crippen LogP contribution in [-0.2, 0) is 7.05 Å². The molecule has 0 unspecified atom stereocenters. The van der Waals surface area contributed by atoms with Gasteiger partial charge >= 0.3 is 0 Å². The molecule has 1 aliphatic rings. The topological polar surface area (TPSA) is 42.3 Å². The second-order valence-corrected chi connectivity index (χ2v) is 7.79. The molecule has 1 aromatic carbocycles. The highest BCUT2D eigenvalue weighted by molar-refractivity contribution is 7.21. The number of amides is 1. The first-order valence-corrected chi connectivity index (χ1v) is 9.18. The molecule has 0 N–H and O–H groups in total. The van der Waals surface area contributed by atoms with E-state index >= 15 is 0 Å². The third-order valence-electron chi connectivity index (χ3n) is 4.93. The van der Waals surface area contributed by atoms with Crippen LogP contribution in [0.4, 0.5) is 0 Å². The summed E-state index contributed by atoms with van der Waals surface area (Å²) < 4.78 is 2.59. The Morgan fingerprint density at radius 2 is 2.04 bits per heavy atom. The third kappa shape index (κ3) is 2.35. The minimum atomic E-state index is -0.0361. The molecule has 0 radical (unpaired) electrons. The van der Waals surface area contributed by atoms with Crippen molar-refractivity contribution in [1.29, 1.82) is 0 Å². The lowest BCUT2D eigenvalue weighted by Gasteiger charge is -2.30. The number of piperidine rings is 1. The van der Waals surface area contributed by atoms with E-state index in [1.54, 1.807) is 17.7 Å². The molecule has 1 amide bonds. The van der Waals surface area contributed by atoms with Crippen molar-refractivity contribution in [3.63, 3.8) is 0 Å². The fourth-order valence-electron chi connectivity index (χ4n) is 3.63. The first kappa shape index (κ1) is 15.4. The Kier molecular flexibility index (Phi) is 3.68. The van der Waals surface area contributed by atoms with E-state index in [0.717, 1.165) is 35.1 Å². The van der Waals surface area contributed by atoms with Crippen LogP contribution in [0.3, 0.4) is 0 Å². The molecule has 4 nitrogen and oxygen atoms in total. The van der Waals surface area contributed by atoms with E-state index in [0.29, 0.717) is 16.2 Å². The van der Waals surface area contributed by atoms with Crippen molar-refractivity contribution in [3.8, 4) is 0 Å². The number of rotatable bonds is 1. The SMILES string of the molecule is C[C@@H]1CCCN(C(=O)c2cc3c(=O)n(C)c4ccccc4c3s2)C1. The summed E-state index contributed by atoms with van der Waals surface area (Å²) in [6, 6.07) is 9.66. The number of hydrogen-bond donors (Lipinski definition) is 0. The Labute approximate surface area is 144 Å². The summed E-state index contributed by atoms with van der Waals surface area (Å²) in [4.78, 5) is 28.1. The van der Waals surface area contributed by atoms with Crippen molar-refractivity contribution in [2.45, 2.75) is 19.8 Å². The summed E-state index contributed by atoms with van der Waals surface area (Å²) in [6.07, 6.45) is 2.24. The number of likely N-dealkylation sites (tertiary alicyclic amines) is 1. The van der Waals surface area contributed by atoms with E-state index in [9.17, 15) is 9.59 Å². The Bertz CT molecular complexity index is 1000. The molecule has 0 aliphatic carbocycles. The van der Waals surface area contributed by atoms with Gasteiger partial charge in [-0.25, -0.2) is 0 Å². The van der Waals surface area contributed by atoms with Crippen LogP contribution in [-0.4, -0.2) is 28.5 Å². The summed E-state index contributed by atoms with van der Waals surface area (Å²) in [7, 11) is 1.79. The van der Waals surface area contributed by atoms with Gasteiger partial charge in [0.2, 0.25) is 0 Å². The fraction of sp³-hybridized carbons (Fsp3) is 0.368. The molecule has 24 heavy (non-hydrogen) atoms. The maximum atomic E-state index is 12.9. The van der Waals surface area contributed by atoms with E-state index in [1.807, 2.05) is 29.2 Å². The molecule has 0 spiro atoms. The highest BCUT2D eigenvalue weighted by Crippen LogP contribution is 2.31. The van der Waals surface area contributed by atoms with E-state index in [4.69, 9.17) is 0 Å². The standard InChI is InChI=1S/C19H20N2O2S/c1-12-6-5-9-21(11-12)19(23)16-10-14-17(24-16)13-7-3-4-8-15(13)20(2)18(14)22/h3-4,7-8,10,12H,5-6,9,11H2,1-2H3/t12-/m1/s1. The lowest BCUT2D eigenvalue weighted by Crippen LogP contribution is -2.38. The number of carbonyl (C=O) groups is 1. The molecule has 2 aromatic heterocycles. The zero-order valence-electron chi connectivity index (χ0n) is 13.9. The summed E-state index contributed by atoms with van der Waals surface area (Å²) in [6.45, 7) is 3.82. The number of nitrogens with zero attached hydrogens (tertiary/aromatic N) is 2. The van der Waals surface area contributed by atoms with Crippen LogP contribution in [0.15, 0.2) is 35.1 Å². The third-order valence-corrected chi connectivity index (χ3v) is 6.09. The van der Waals surface area contributed by atoms with Crippen LogP contribution in [0.1, 0.15) is 29.4 Å². The van der Waals surface area contributed by atoms with Crippen molar-refractivity contribution in [3.05, 3.63) is 45.6 Å². The zero-order valence-corrected chi connectivity index (χ0v) is 14.7. The molecular weight excluding hydrogens is 320 g/mol. The largest absolute Gasteiger partial charge is 0.338 e. The Morgan fingerprint density at radius 1 is 1.25 bits per heavy atom. The van der Waals surface area contributed by atoms with E-state index < -0.39 is 0 Å². The average molecular weight is 340 g/mol. The summed E-state index contributed by atoms with van der Waals surface area (Å²) in [5, 5.41) is 1.68. The van der Waals surface area contributed by atoms with Gasteiger partial charge < -0.3 is 9.47 Å². The summed E-state index contributed by atoms with van der Waals surface area (Å²) >= 11 is 1.45. The molecule has 1 fully saturated rings. The minimum Gasteiger partial charge on any atom is -0.338 e. The fourth-order valence-corrected chi connectivity index (χ4v) is 4.79. The number of fused-ring (bicyclic) bond motifs is 3. The molecular formula is C19H20N2O2S. The molecule has 3 heterocycles. The number of hydrogen-bond acceptors (Lipinski definition) is 3. The lowest BCUT2D eigenvalue weighted by atomic mass is 10.0. The van der Waals surface area contributed by atoms with Gasteiger partial charge in [0.05, 0.1) is 15.8 Å². The highest BCUT2D eigenvalue weighted by atomic mass is 32.1. The molecule has 0 bridgehead atoms. The maximum absolute atomic E-state index is 12.9. The first-order valence-electron chi connectivity index (χ1n) is 8.37. The van der Waals surface area contributed by atoms with Crippen LogP contribution in [0, 0.1) is 5.92 Å². The zero-order chi connectivity index (χ0) is 16.8.